The number of hydrogen-bond acceptors (Lipinski definition) is 4. The highest BCUT2D eigenvalue weighted by molar-refractivity contribution is 6.32. The number of piperidine rings is 1. The third-order valence-corrected chi connectivity index (χ3v) is 7.85. The van der Waals surface area contributed by atoms with Gasteiger partial charge < -0.3 is 14.7 Å². The number of likely N-dealkylation sites (tertiary alicyclic amines) is 1. The first-order chi connectivity index (χ1) is 15.0. The van der Waals surface area contributed by atoms with Crippen molar-refractivity contribution < 1.29 is 14.2 Å². The van der Waals surface area contributed by atoms with Crippen LogP contribution in [0.4, 0.5) is 4.39 Å². The fourth-order valence-corrected chi connectivity index (χ4v) is 5.71. The smallest absolute Gasteiger partial charge is 0.127 e. The molecule has 0 unspecified atom stereocenters. The minimum absolute atomic E-state index is 0.121. The number of aliphatic hydroxyl groups is 1. The van der Waals surface area contributed by atoms with E-state index in [1.165, 1.54) is 38.4 Å². The van der Waals surface area contributed by atoms with Crippen LogP contribution in [0.15, 0.2) is 24.4 Å². The molecule has 1 atom stereocenters. The Morgan fingerprint density at radius 1 is 1.29 bits per heavy atom. The second-order valence-corrected chi connectivity index (χ2v) is 9.93. The minimum atomic E-state index is -1.20. The third kappa shape index (κ3) is 5.15. The van der Waals surface area contributed by atoms with Gasteiger partial charge in [0.2, 0.25) is 0 Å². The average Bonchev–Trinajstić information content (AvgIpc) is 3.31. The lowest BCUT2D eigenvalue weighted by atomic mass is 9.74. The van der Waals surface area contributed by atoms with Crippen LogP contribution in [0, 0.1) is 11.3 Å². The van der Waals surface area contributed by atoms with Gasteiger partial charge in [-0.1, -0.05) is 24.4 Å². The van der Waals surface area contributed by atoms with E-state index < -0.39 is 6.17 Å². The number of halogens is 2. The lowest BCUT2D eigenvalue weighted by Gasteiger charge is -2.42. The molecule has 1 aromatic carbocycles. The lowest BCUT2D eigenvalue weighted by Crippen LogP contribution is -2.43. The van der Waals surface area contributed by atoms with E-state index in [2.05, 4.69) is 9.88 Å². The van der Waals surface area contributed by atoms with Crippen LogP contribution in [0.25, 0.3) is 10.9 Å². The van der Waals surface area contributed by atoms with Gasteiger partial charge in [-0.3, -0.25) is 4.98 Å². The highest BCUT2D eigenvalue weighted by atomic mass is 35.5. The van der Waals surface area contributed by atoms with Crippen LogP contribution in [0.3, 0.4) is 0 Å². The summed E-state index contributed by atoms with van der Waals surface area (Å²) >= 11 is 6.38. The molecule has 4 nitrogen and oxygen atoms in total. The van der Waals surface area contributed by atoms with E-state index in [4.69, 9.17) is 16.3 Å². The molecule has 0 amide bonds. The number of hydrogen-bond donors (Lipinski definition) is 1. The predicted octanol–water partition coefficient (Wildman–Crippen LogP) is 5.95. The number of pyridine rings is 1. The molecular formula is C25H34ClFN2O2. The maximum Gasteiger partial charge on any atom is 0.127 e. The number of rotatable bonds is 8. The summed E-state index contributed by atoms with van der Waals surface area (Å²) < 4.78 is 20.8. The molecular weight excluding hydrogens is 415 g/mol. The fraction of sp³-hybridized carbons (Fsp3) is 0.640. The number of nitrogens with zero attached hydrogens (tertiary/aromatic N) is 2. The summed E-state index contributed by atoms with van der Waals surface area (Å²) in [6, 6.07) is 5.45. The van der Waals surface area contributed by atoms with E-state index in [1.54, 1.807) is 13.2 Å². The quantitative estimate of drug-likeness (QED) is 0.541. The third-order valence-electron chi connectivity index (χ3n) is 7.55. The number of alkyl halides is 1. The molecule has 6 heteroatoms. The molecule has 1 aliphatic heterocycles. The number of aliphatic hydroxyl groups excluding tert-OH is 1. The average molecular weight is 449 g/mol. The number of fused-ring (bicyclic) bond motifs is 1. The summed E-state index contributed by atoms with van der Waals surface area (Å²) in [5, 5.41) is 11.2. The van der Waals surface area contributed by atoms with E-state index in [9.17, 15) is 5.11 Å². The van der Waals surface area contributed by atoms with E-state index >= 15 is 4.39 Å². The van der Waals surface area contributed by atoms with E-state index in [0.29, 0.717) is 40.1 Å². The zero-order valence-corrected chi connectivity index (χ0v) is 19.2. The Hall–Kier alpha value is -1.43. The van der Waals surface area contributed by atoms with Gasteiger partial charge in [-0.15, -0.1) is 0 Å². The Labute approximate surface area is 189 Å². The number of ether oxygens (including phenoxy) is 1. The van der Waals surface area contributed by atoms with Crippen molar-refractivity contribution >= 4 is 22.5 Å². The molecule has 31 heavy (non-hydrogen) atoms. The van der Waals surface area contributed by atoms with Crippen LogP contribution >= 0.6 is 11.6 Å². The Morgan fingerprint density at radius 3 is 2.71 bits per heavy atom. The van der Waals surface area contributed by atoms with Crippen molar-refractivity contribution in [2.24, 2.45) is 11.3 Å². The fourth-order valence-electron chi connectivity index (χ4n) is 5.45. The van der Waals surface area contributed by atoms with Gasteiger partial charge in [-0.05, 0) is 81.1 Å². The van der Waals surface area contributed by atoms with Crippen LogP contribution < -0.4 is 4.74 Å². The van der Waals surface area contributed by atoms with Gasteiger partial charge in [0.15, 0.2) is 0 Å². The van der Waals surface area contributed by atoms with Crippen LogP contribution in [0.5, 0.6) is 5.75 Å². The second-order valence-electron chi connectivity index (χ2n) is 9.52. The van der Waals surface area contributed by atoms with Gasteiger partial charge in [0.25, 0.3) is 0 Å². The molecule has 2 aromatic rings. The number of aromatic nitrogens is 1. The van der Waals surface area contributed by atoms with Crippen molar-refractivity contribution in [1.29, 1.82) is 0 Å². The molecule has 2 aliphatic rings. The number of benzene rings is 1. The van der Waals surface area contributed by atoms with Crippen molar-refractivity contribution in [3.8, 4) is 5.75 Å². The first kappa shape index (κ1) is 22.8. The normalized spacial score (nSPS) is 20.9. The van der Waals surface area contributed by atoms with Crippen molar-refractivity contribution in [2.45, 2.75) is 57.5 Å². The Bertz CT molecular complexity index is 879. The monoisotopic (exact) mass is 448 g/mol. The Balaban J connectivity index is 1.41. The zero-order chi connectivity index (χ0) is 21.8. The van der Waals surface area contributed by atoms with Crippen molar-refractivity contribution in [3.63, 3.8) is 0 Å². The van der Waals surface area contributed by atoms with Crippen LogP contribution in [-0.4, -0.2) is 48.3 Å². The molecule has 2 fully saturated rings. The highest BCUT2D eigenvalue weighted by Crippen LogP contribution is 2.42. The van der Waals surface area contributed by atoms with Gasteiger partial charge in [0, 0.05) is 30.3 Å². The zero-order valence-electron chi connectivity index (χ0n) is 18.5. The second kappa shape index (κ2) is 10.0. The predicted molar refractivity (Wildman–Crippen MR) is 124 cm³/mol. The lowest BCUT2D eigenvalue weighted by molar-refractivity contribution is 0.0257. The van der Waals surface area contributed by atoms with Gasteiger partial charge in [-0.25, -0.2) is 4.39 Å². The molecule has 1 N–H and O–H groups in total. The summed E-state index contributed by atoms with van der Waals surface area (Å²) in [6.45, 7) is 3.32. The first-order valence-corrected chi connectivity index (χ1v) is 12.0. The van der Waals surface area contributed by atoms with Gasteiger partial charge >= 0.3 is 0 Å². The van der Waals surface area contributed by atoms with Crippen LogP contribution in [-0.2, 0) is 0 Å². The highest BCUT2D eigenvalue weighted by Gasteiger charge is 2.35. The van der Waals surface area contributed by atoms with E-state index in [1.807, 2.05) is 12.1 Å². The van der Waals surface area contributed by atoms with E-state index in [0.717, 1.165) is 31.8 Å². The largest absolute Gasteiger partial charge is 0.497 e. The maximum atomic E-state index is 15.5. The molecule has 1 aromatic heterocycles. The molecule has 2 heterocycles. The molecule has 170 valence electrons. The minimum Gasteiger partial charge on any atom is -0.497 e. The van der Waals surface area contributed by atoms with Crippen molar-refractivity contribution in [3.05, 3.63) is 35.0 Å². The first-order valence-electron chi connectivity index (χ1n) is 11.6. The number of methoxy groups -OCH3 is 1. The van der Waals surface area contributed by atoms with Gasteiger partial charge in [-0.2, -0.15) is 0 Å². The summed E-state index contributed by atoms with van der Waals surface area (Å²) in [6.07, 6.45) is 8.65. The summed E-state index contributed by atoms with van der Waals surface area (Å²) in [4.78, 5) is 6.88. The summed E-state index contributed by atoms with van der Waals surface area (Å²) in [5.74, 6) is 1.50. The van der Waals surface area contributed by atoms with Crippen LogP contribution in [0.2, 0.25) is 5.02 Å². The molecule has 1 aliphatic carbocycles. The topological polar surface area (TPSA) is 45.6 Å². The molecule has 0 bridgehead atoms. The Morgan fingerprint density at radius 2 is 2.03 bits per heavy atom. The molecule has 1 saturated carbocycles. The molecule has 1 saturated heterocycles. The molecule has 4 rings (SSSR count). The standard InChI is InChI=1S/C25H34ClFN2O2/c1-31-19-6-7-23-20(14-19)24(21(26)15-28-23)22(27)8-9-25(17-30)10-12-29(13-11-25)16-18-4-2-3-5-18/h6-7,14-15,18,22,30H,2-5,8-13,16-17H2,1H3/t22-/m1/s1. The van der Waals surface area contributed by atoms with Gasteiger partial charge in [0.05, 0.1) is 17.6 Å². The van der Waals surface area contributed by atoms with E-state index in [-0.39, 0.29) is 12.0 Å². The molecule has 0 spiro atoms. The maximum absolute atomic E-state index is 15.5. The van der Waals surface area contributed by atoms with Crippen molar-refractivity contribution in [1.82, 2.24) is 9.88 Å². The SMILES string of the molecule is COc1ccc2ncc(Cl)c([C@H](F)CCC3(CO)CCN(CC4CCCC4)CC3)c2c1. The van der Waals surface area contributed by atoms with Crippen LogP contribution in [0.1, 0.15) is 63.1 Å². The molecule has 0 radical (unpaired) electrons. The Kier molecular flexibility index (Phi) is 7.35. The van der Waals surface area contributed by atoms with Gasteiger partial charge in [0.1, 0.15) is 11.9 Å². The summed E-state index contributed by atoms with van der Waals surface area (Å²) in [5.41, 5.74) is 1.00. The summed E-state index contributed by atoms with van der Waals surface area (Å²) in [7, 11) is 1.59. The van der Waals surface area contributed by atoms with Crippen molar-refractivity contribution in [2.75, 3.05) is 33.4 Å².